The van der Waals surface area contributed by atoms with Crippen molar-refractivity contribution < 1.29 is 28.7 Å². The van der Waals surface area contributed by atoms with Gasteiger partial charge >= 0.3 is 0 Å². The first kappa shape index (κ1) is 33.4. The van der Waals surface area contributed by atoms with Crippen molar-refractivity contribution >= 4 is 23.6 Å². The second kappa shape index (κ2) is 15.6. The highest BCUT2D eigenvalue weighted by atomic mass is 16.6. The lowest BCUT2D eigenvalue weighted by Crippen LogP contribution is -2.50. The molecule has 0 spiro atoms. The van der Waals surface area contributed by atoms with E-state index in [1.54, 1.807) is 30.0 Å². The van der Waals surface area contributed by atoms with Crippen LogP contribution in [-0.2, 0) is 27.3 Å². The maximum Gasteiger partial charge on any atom is 0.257 e. The molecule has 47 heavy (non-hydrogen) atoms. The number of hydrogen-bond acceptors (Lipinski definition) is 8. The van der Waals surface area contributed by atoms with Gasteiger partial charge in [0.1, 0.15) is 31.6 Å². The normalized spacial score (nSPS) is 19.9. The van der Waals surface area contributed by atoms with E-state index < -0.39 is 12.1 Å². The molecule has 1 aromatic heterocycles. The number of para-hydroxylation sites is 1. The van der Waals surface area contributed by atoms with Crippen molar-refractivity contribution in [2.24, 2.45) is 5.92 Å². The van der Waals surface area contributed by atoms with Crippen LogP contribution in [0.4, 0.5) is 0 Å². The SMILES string of the molecule is Cc1nc2n(n1)CC(=O)NCCCN(C(=O)c1cccc3c1OCCO3)CCCC(=O)N[C@H](Cc1ccccc1)C(=O)N[C@H]2C(C)C. The fourth-order valence-corrected chi connectivity index (χ4v) is 5.77. The zero-order valence-corrected chi connectivity index (χ0v) is 27.2. The van der Waals surface area contributed by atoms with Crippen LogP contribution in [0.3, 0.4) is 0 Å². The number of ether oxygens (including phenoxy) is 2. The van der Waals surface area contributed by atoms with E-state index in [2.05, 4.69) is 26.0 Å². The predicted molar refractivity (Wildman–Crippen MR) is 173 cm³/mol. The molecule has 0 aliphatic carbocycles. The molecule has 3 heterocycles. The van der Waals surface area contributed by atoms with Gasteiger partial charge in [0.15, 0.2) is 17.3 Å². The average molecular weight is 646 g/mol. The molecule has 13 nitrogen and oxygen atoms in total. The lowest BCUT2D eigenvalue weighted by atomic mass is 10.0. The molecule has 0 fully saturated rings. The number of fused-ring (bicyclic) bond motifs is 2. The molecule has 2 aliphatic heterocycles. The first-order valence-corrected chi connectivity index (χ1v) is 16.2. The summed E-state index contributed by atoms with van der Waals surface area (Å²) in [6, 6.07) is 13.3. The third kappa shape index (κ3) is 8.66. The van der Waals surface area contributed by atoms with Crippen LogP contribution in [0.25, 0.3) is 0 Å². The quantitative estimate of drug-likeness (QED) is 0.391. The highest BCUT2D eigenvalue weighted by molar-refractivity contribution is 5.98. The molecular formula is C34H43N7O6. The van der Waals surface area contributed by atoms with Gasteiger partial charge in [0.25, 0.3) is 5.91 Å². The summed E-state index contributed by atoms with van der Waals surface area (Å²) in [6.07, 6.45) is 1.24. The molecule has 3 aromatic rings. The summed E-state index contributed by atoms with van der Waals surface area (Å²) in [4.78, 5) is 60.2. The van der Waals surface area contributed by atoms with Gasteiger partial charge in [-0.05, 0) is 43.4 Å². The second-order valence-electron chi connectivity index (χ2n) is 12.1. The number of nitrogens with one attached hydrogen (secondary N) is 3. The van der Waals surface area contributed by atoms with Gasteiger partial charge in [-0.25, -0.2) is 9.67 Å². The van der Waals surface area contributed by atoms with Crippen LogP contribution in [0.1, 0.15) is 66.7 Å². The molecule has 0 saturated heterocycles. The third-order valence-electron chi connectivity index (χ3n) is 8.12. The maximum atomic E-state index is 13.8. The molecule has 4 amide bonds. The Hall–Kier alpha value is -4.94. The van der Waals surface area contributed by atoms with Gasteiger partial charge in [-0.3, -0.25) is 19.2 Å². The van der Waals surface area contributed by atoms with Gasteiger partial charge in [-0.15, -0.1) is 0 Å². The van der Waals surface area contributed by atoms with Crippen molar-refractivity contribution in [3.63, 3.8) is 0 Å². The minimum Gasteiger partial charge on any atom is -0.486 e. The summed E-state index contributed by atoms with van der Waals surface area (Å²) in [5.74, 6) is 0.586. The molecule has 0 saturated carbocycles. The van der Waals surface area contributed by atoms with Crippen LogP contribution >= 0.6 is 0 Å². The van der Waals surface area contributed by atoms with Crippen LogP contribution in [0.2, 0.25) is 0 Å². The Morgan fingerprint density at radius 2 is 1.72 bits per heavy atom. The zero-order valence-electron chi connectivity index (χ0n) is 27.2. The summed E-state index contributed by atoms with van der Waals surface area (Å²) < 4.78 is 13.0. The molecule has 13 heteroatoms. The average Bonchev–Trinajstić information content (AvgIpc) is 3.42. The number of carbonyl (C=O) groups excluding carboxylic acids is 4. The number of carbonyl (C=O) groups is 4. The Morgan fingerprint density at radius 3 is 2.51 bits per heavy atom. The summed E-state index contributed by atoms with van der Waals surface area (Å²) in [6.45, 7) is 7.25. The number of aromatic nitrogens is 3. The molecule has 0 bridgehead atoms. The highest BCUT2D eigenvalue weighted by Crippen LogP contribution is 2.34. The van der Waals surface area contributed by atoms with E-state index in [0.717, 1.165) is 5.56 Å². The van der Waals surface area contributed by atoms with Gasteiger partial charge in [0.05, 0.1) is 11.6 Å². The van der Waals surface area contributed by atoms with E-state index in [9.17, 15) is 19.2 Å². The van der Waals surface area contributed by atoms with E-state index >= 15 is 0 Å². The van der Waals surface area contributed by atoms with Gasteiger partial charge in [0, 0.05) is 32.5 Å². The molecule has 250 valence electrons. The second-order valence-corrected chi connectivity index (χ2v) is 12.1. The van der Waals surface area contributed by atoms with E-state index in [4.69, 9.17) is 9.47 Å². The molecule has 0 unspecified atom stereocenters. The number of rotatable bonds is 4. The smallest absolute Gasteiger partial charge is 0.257 e. The maximum absolute atomic E-state index is 13.8. The van der Waals surface area contributed by atoms with Crippen LogP contribution in [0.5, 0.6) is 11.5 Å². The Bertz CT molecular complexity index is 1570. The van der Waals surface area contributed by atoms with Crippen molar-refractivity contribution in [3.05, 3.63) is 71.3 Å². The lowest BCUT2D eigenvalue weighted by Gasteiger charge is -2.27. The molecule has 2 aromatic carbocycles. The minimum absolute atomic E-state index is 0.0845. The lowest BCUT2D eigenvalue weighted by molar-refractivity contribution is -0.129. The Kier molecular flexibility index (Phi) is 11.1. The van der Waals surface area contributed by atoms with Gasteiger partial charge in [0.2, 0.25) is 17.7 Å². The van der Waals surface area contributed by atoms with Crippen molar-refractivity contribution in [2.75, 3.05) is 32.8 Å². The van der Waals surface area contributed by atoms with E-state index in [-0.39, 0.29) is 55.5 Å². The van der Waals surface area contributed by atoms with Gasteiger partial charge < -0.3 is 30.3 Å². The van der Waals surface area contributed by atoms with Crippen molar-refractivity contribution in [2.45, 2.75) is 65.1 Å². The van der Waals surface area contributed by atoms with E-state index in [0.29, 0.717) is 67.9 Å². The number of benzene rings is 2. The van der Waals surface area contributed by atoms with Crippen molar-refractivity contribution in [1.82, 2.24) is 35.6 Å². The van der Waals surface area contributed by atoms with Crippen LogP contribution < -0.4 is 25.4 Å². The summed E-state index contributed by atoms with van der Waals surface area (Å²) in [5, 5.41) is 13.4. The number of hydrogen-bond donors (Lipinski definition) is 3. The molecule has 2 atom stereocenters. The Labute approximate surface area is 274 Å². The molecule has 3 N–H and O–H groups in total. The van der Waals surface area contributed by atoms with Crippen LogP contribution in [-0.4, -0.2) is 82.2 Å². The van der Waals surface area contributed by atoms with Crippen LogP contribution in [0.15, 0.2) is 48.5 Å². The molecule has 5 rings (SSSR count). The first-order valence-electron chi connectivity index (χ1n) is 16.2. The summed E-state index contributed by atoms with van der Waals surface area (Å²) in [5.41, 5.74) is 1.27. The molecular weight excluding hydrogens is 602 g/mol. The zero-order chi connectivity index (χ0) is 33.3. The fourth-order valence-electron chi connectivity index (χ4n) is 5.77. The first-order chi connectivity index (χ1) is 22.7. The fraction of sp³-hybridized carbons (Fsp3) is 0.471. The number of amides is 4. The van der Waals surface area contributed by atoms with E-state index in [1.807, 2.05) is 44.2 Å². The van der Waals surface area contributed by atoms with E-state index in [1.165, 1.54) is 4.68 Å². The largest absolute Gasteiger partial charge is 0.486 e. The number of nitrogens with zero attached hydrogens (tertiary/aromatic N) is 4. The Morgan fingerprint density at radius 1 is 0.957 bits per heavy atom. The molecule has 2 aliphatic rings. The number of aryl methyl sites for hydroxylation is 1. The minimum atomic E-state index is -0.864. The summed E-state index contributed by atoms with van der Waals surface area (Å²) >= 11 is 0. The topological polar surface area (TPSA) is 157 Å². The monoisotopic (exact) mass is 645 g/mol. The van der Waals surface area contributed by atoms with Crippen molar-refractivity contribution in [1.29, 1.82) is 0 Å². The predicted octanol–water partition coefficient (Wildman–Crippen LogP) is 2.34. The highest BCUT2D eigenvalue weighted by Gasteiger charge is 2.30. The van der Waals surface area contributed by atoms with Gasteiger partial charge in [-0.2, -0.15) is 5.10 Å². The third-order valence-corrected chi connectivity index (χ3v) is 8.12. The summed E-state index contributed by atoms with van der Waals surface area (Å²) in [7, 11) is 0. The molecule has 0 radical (unpaired) electrons. The van der Waals surface area contributed by atoms with Gasteiger partial charge in [-0.1, -0.05) is 50.2 Å². The standard InChI is InChI=1S/C34H43N7O6/c1-22(2)30-32-36-23(3)39-41(32)21-29(43)35-15-9-17-40(34(45)25-12-7-13-27-31(25)47-19-18-46-27)16-8-14-28(42)37-26(33(44)38-30)20-24-10-5-4-6-11-24/h4-7,10-13,22,26,30H,8-9,14-21H2,1-3H3,(H,35,43)(H,37,42)(H,38,44)/t26-,30+/m1/s1. The van der Waals surface area contributed by atoms with Crippen LogP contribution in [0, 0.1) is 12.8 Å². The van der Waals surface area contributed by atoms with Crippen molar-refractivity contribution in [3.8, 4) is 11.5 Å². The Balaban J connectivity index is 1.40.